The van der Waals surface area contributed by atoms with Gasteiger partial charge in [0.1, 0.15) is 0 Å². The van der Waals surface area contributed by atoms with Gasteiger partial charge in [-0.2, -0.15) is 0 Å². The molecule has 3 rings (SSSR count). The molecule has 6 nitrogen and oxygen atoms in total. The number of ether oxygens (including phenoxy) is 1. The maximum atomic E-state index is 5.19. The summed E-state index contributed by atoms with van der Waals surface area (Å²) >= 11 is 1.83. The number of hydrogen-bond donors (Lipinski definition) is 2. The number of guanidine groups is 1. The van der Waals surface area contributed by atoms with E-state index in [4.69, 9.17) is 9.73 Å². The third-order valence-electron chi connectivity index (χ3n) is 4.65. The highest BCUT2D eigenvalue weighted by atomic mass is 32.1. The van der Waals surface area contributed by atoms with E-state index in [9.17, 15) is 0 Å². The average Bonchev–Trinajstić information content (AvgIpc) is 3.41. The summed E-state index contributed by atoms with van der Waals surface area (Å²) in [6.07, 6.45) is 2.58. The van der Waals surface area contributed by atoms with E-state index in [1.807, 2.05) is 29.5 Å². The van der Waals surface area contributed by atoms with Gasteiger partial charge in [-0.25, -0.2) is 9.98 Å². The summed E-state index contributed by atoms with van der Waals surface area (Å²) in [5.74, 6) is 1.44. The number of thiophene rings is 1. The molecule has 1 fully saturated rings. The molecule has 2 N–H and O–H groups in total. The van der Waals surface area contributed by atoms with Gasteiger partial charge in [-0.3, -0.25) is 4.90 Å². The van der Waals surface area contributed by atoms with E-state index in [1.165, 1.54) is 30.8 Å². The maximum Gasteiger partial charge on any atom is 0.213 e. The highest BCUT2D eigenvalue weighted by Gasteiger charge is 2.24. The van der Waals surface area contributed by atoms with E-state index in [1.54, 1.807) is 7.11 Å². The molecule has 146 valence electrons. The molecule has 3 heterocycles. The zero-order valence-electron chi connectivity index (χ0n) is 16.1. The topological polar surface area (TPSA) is 61.8 Å². The van der Waals surface area contributed by atoms with Crippen LogP contribution >= 0.6 is 11.3 Å². The zero-order chi connectivity index (χ0) is 18.9. The highest BCUT2D eigenvalue weighted by molar-refractivity contribution is 7.10. The van der Waals surface area contributed by atoms with Crippen LogP contribution in [-0.2, 0) is 6.54 Å². The number of aromatic nitrogens is 1. The summed E-state index contributed by atoms with van der Waals surface area (Å²) in [5.41, 5.74) is 0.890. The van der Waals surface area contributed by atoms with Crippen molar-refractivity contribution in [3.8, 4) is 5.88 Å². The third kappa shape index (κ3) is 5.68. The van der Waals surface area contributed by atoms with Crippen LogP contribution in [0.4, 0.5) is 0 Å². The van der Waals surface area contributed by atoms with Crippen LogP contribution in [0.15, 0.2) is 40.7 Å². The van der Waals surface area contributed by atoms with Crippen molar-refractivity contribution in [3.63, 3.8) is 0 Å². The summed E-state index contributed by atoms with van der Waals surface area (Å²) in [5, 5.41) is 9.03. The van der Waals surface area contributed by atoms with Crippen LogP contribution in [0, 0.1) is 0 Å². The quantitative estimate of drug-likeness (QED) is 0.538. The Morgan fingerprint density at radius 1 is 1.26 bits per heavy atom. The first kappa shape index (κ1) is 19.6. The van der Waals surface area contributed by atoms with Crippen molar-refractivity contribution in [1.82, 2.24) is 20.5 Å². The number of nitrogens with one attached hydrogen (secondary N) is 2. The van der Waals surface area contributed by atoms with Gasteiger partial charge in [-0.1, -0.05) is 12.1 Å². The standard InChI is InChI=1S/C20H29N5OS/c1-3-21-20(22-14-16-8-6-10-19(24-16)26-2)23-15-17(18-9-7-13-27-18)25-11-4-5-12-25/h6-10,13,17H,3-5,11-12,14-15H2,1-2H3,(H2,21,22,23). The molecule has 0 saturated carbocycles. The minimum Gasteiger partial charge on any atom is -0.481 e. The van der Waals surface area contributed by atoms with Crippen molar-refractivity contribution < 1.29 is 4.74 Å². The van der Waals surface area contributed by atoms with Crippen molar-refractivity contribution in [2.75, 3.05) is 33.3 Å². The van der Waals surface area contributed by atoms with Crippen molar-refractivity contribution in [2.24, 2.45) is 4.99 Å². The predicted octanol–water partition coefficient (Wildman–Crippen LogP) is 3.04. The van der Waals surface area contributed by atoms with Crippen LogP contribution in [0.5, 0.6) is 5.88 Å². The average molecular weight is 388 g/mol. The fourth-order valence-corrected chi connectivity index (χ4v) is 4.16. The Hall–Kier alpha value is -2.12. The molecule has 1 atom stereocenters. The summed E-state index contributed by atoms with van der Waals surface area (Å²) < 4.78 is 5.19. The Labute approximate surface area is 165 Å². The molecule has 2 aromatic rings. The molecule has 0 aliphatic carbocycles. The predicted molar refractivity (Wildman–Crippen MR) is 111 cm³/mol. The summed E-state index contributed by atoms with van der Waals surface area (Å²) in [6, 6.07) is 10.5. The number of aliphatic imine (C=N–C) groups is 1. The molecule has 0 spiro atoms. The lowest BCUT2D eigenvalue weighted by Crippen LogP contribution is -2.42. The van der Waals surface area contributed by atoms with Gasteiger partial charge in [0.05, 0.1) is 25.4 Å². The van der Waals surface area contributed by atoms with Crippen LogP contribution in [0.2, 0.25) is 0 Å². The molecular formula is C20H29N5OS. The van der Waals surface area contributed by atoms with Crippen molar-refractivity contribution in [2.45, 2.75) is 32.4 Å². The smallest absolute Gasteiger partial charge is 0.213 e. The van der Waals surface area contributed by atoms with Crippen molar-refractivity contribution in [3.05, 3.63) is 46.3 Å². The third-order valence-corrected chi connectivity index (χ3v) is 5.62. The molecule has 1 saturated heterocycles. The van der Waals surface area contributed by atoms with Crippen LogP contribution in [0.1, 0.15) is 36.4 Å². The van der Waals surface area contributed by atoms with Crippen molar-refractivity contribution >= 4 is 17.3 Å². The number of methoxy groups -OCH3 is 1. The van der Waals surface area contributed by atoms with E-state index in [-0.39, 0.29) is 0 Å². The van der Waals surface area contributed by atoms with Crippen LogP contribution < -0.4 is 15.4 Å². The number of nitrogens with zero attached hydrogens (tertiary/aromatic N) is 3. The van der Waals surface area contributed by atoms with E-state index in [0.717, 1.165) is 24.7 Å². The van der Waals surface area contributed by atoms with Gasteiger partial charge in [-0.15, -0.1) is 11.3 Å². The minimum atomic E-state index is 0.395. The molecule has 1 unspecified atom stereocenters. The fourth-order valence-electron chi connectivity index (χ4n) is 3.30. The Balaban J connectivity index is 1.65. The Kier molecular flexibility index (Phi) is 7.47. The molecule has 0 radical (unpaired) electrons. The molecular weight excluding hydrogens is 358 g/mol. The van der Waals surface area contributed by atoms with E-state index >= 15 is 0 Å². The number of hydrogen-bond acceptors (Lipinski definition) is 5. The lowest BCUT2D eigenvalue weighted by molar-refractivity contribution is 0.249. The van der Waals surface area contributed by atoms with Gasteiger partial charge in [-0.05, 0) is 50.4 Å². The summed E-state index contributed by atoms with van der Waals surface area (Å²) in [7, 11) is 1.63. The largest absolute Gasteiger partial charge is 0.481 e. The number of pyridine rings is 1. The van der Waals surface area contributed by atoms with Gasteiger partial charge in [0.15, 0.2) is 5.96 Å². The Morgan fingerprint density at radius 3 is 2.81 bits per heavy atom. The highest BCUT2D eigenvalue weighted by Crippen LogP contribution is 2.27. The van der Waals surface area contributed by atoms with E-state index in [0.29, 0.717) is 18.5 Å². The first-order chi connectivity index (χ1) is 13.3. The van der Waals surface area contributed by atoms with Crippen LogP contribution in [-0.4, -0.2) is 49.1 Å². The van der Waals surface area contributed by atoms with Crippen LogP contribution in [0.3, 0.4) is 0 Å². The van der Waals surface area contributed by atoms with Gasteiger partial charge in [0.2, 0.25) is 5.88 Å². The van der Waals surface area contributed by atoms with Gasteiger partial charge >= 0.3 is 0 Å². The first-order valence-corrected chi connectivity index (χ1v) is 10.5. The molecule has 2 aromatic heterocycles. The zero-order valence-corrected chi connectivity index (χ0v) is 17.0. The van der Waals surface area contributed by atoms with Crippen molar-refractivity contribution in [1.29, 1.82) is 0 Å². The van der Waals surface area contributed by atoms with E-state index in [2.05, 4.69) is 45.0 Å². The minimum absolute atomic E-state index is 0.395. The SMILES string of the molecule is CCNC(=NCc1cccc(OC)n1)NCC(c1cccs1)N1CCCC1. The van der Waals surface area contributed by atoms with Gasteiger partial charge in [0, 0.05) is 24.0 Å². The lowest BCUT2D eigenvalue weighted by atomic mass is 10.2. The molecule has 1 aliphatic rings. The molecule has 27 heavy (non-hydrogen) atoms. The molecule has 0 amide bonds. The Morgan fingerprint density at radius 2 is 2.11 bits per heavy atom. The molecule has 1 aliphatic heterocycles. The fraction of sp³-hybridized carbons (Fsp3) is 0.500. The second-order valence-corrected chi connectivity index (χ2v) is 7.50. The second kappa shape index (κ2) is 10.3. The molecule has 0 bridgehead atoms. The first-order valence-electron chi connectivity index (χ1n) is 9.59. The van der Waals surface area contributed by atoms with Gasteiger partial charge < -0.3 is 15.4 Å². The molecule has 7 heteroatoms. The van der Waals surface area contributed by atoms with E-state index < -0.39 is 0 Å². The molecule has 0 aromatic carbocycles. The normalized spacial score (nSPS) is 16.3. The number of rotatable bonds is 8. The van der Waals surface area contributed by atoms with Gasteiger partial charge in [0.25, 0.3) is 0 Å². The number of likely N-dealkylation sites (tertiary alicyclic amines) is 1. The monoisotopic (exact) mass is 387 g/mol. The summed E-state index contributed by atoms with van der Waals surface area (Å²) in [4.78, 5) is 13.1. The second-order valence-electron chi connectivity index (χ2n) is 6.52. The maximum absolute atomic E-state index is 5.19. The summed E-state index contributed by atoms with van der Waals surface area (Å²) in [6.45, 7) is 6.61. The lowest BCUT2D eigenvalue weighted by Gasteiger charge is -2.27. The Bertz CT molecular complexity index is 713. The van der Waals surface area contributed by atoms with Crippen LogP contribution in [0.25, 0.3) is 0 Å².